The number of benzene rings is 2. The van der Waals surface area contributed by atoms with Crippen LogP contribution in [-0.2, 0) is 11.2 Å². The van der Waals surface area contributed by atoms with E-state index in [1.54, 1.807) is 47.6 Å². The number of amides is 2. The topological polar surface area (TPSA) is 87.3 Å². The number of aromatic amines is 1. The third-order valence-corrected chi connectivity index (χ3v) is 4.92. The predicted molar refractivity (Wildman–Crippen MR) is 104 cm³/mol. The number of nitrogens with one attached hydrogen (secondary N) is 2. The Bertz CT molecular complexity index is 1070. The summed E-state index contributed by atoms with van der Waals surface area (Å²) in [5.74, 6) is -0.933. The number of anilines is 1. The third-order valence-electron chi connectivity index (χ3n) is 4.92. The largest absolute Gasteiger partial charge is 0.465 e. The second-order valence-electron chi connectivity index (χ2n) is 6.63. The van der Waals surface area contributed by atoms with Crippen LogP contribution < -0.4 is 5.32 Å². The molecule has 0 radical (unpaired) electrons. The second kappa shape index (κ2) is 7.75. The number of H-pyrrole nitrogens is 1. The van der Waals surface area contributed by atoms with Crippen molar-refractivity contribution in [3.63, 3.8) is 0 Å². The summed E-state index contributed by atoms with van der Waals surface area (Å²) in [4.78, 5) is 34.2. The minimum Gasteiger partial charge on any atom is -0.465 e. The zero-order valence-corrected chi connectivity index (χ0v) is 15.7. The monoisotopic (exact) mass is 394 g/mol. The zero-order valence-electron chi connectivity index (χ0n) is 15.7. The summed E-state index contributed by atoms with van der Waals surface area (Å²) >= 11 is 0. The minimum absolute atomic E-state index is 0.253. The lowest BCUT2D eigenvalue weighted by molar-refractivity contribution is 0.0602. The Labute approximate surface area is 166 Å². The highest BCUT2D eigenvalue weighted by Crippen LogP contribution is 2.34. The van der Waals surface area contributed by atoms with Gasteiger partial charge in [-0.15, -0.1) is 0 Å². The summed E-state index contributed by atoms with van der Waals surface area (Å²) in [5, 5.41) is 2.79. The van der Waals surface area contributed by atoms with Crippen molar-refractivity contribution in [3.05, 3.63) is 83.2 Å². The summed E-state index contributed by atoms with van der Waals surface area (Å²) in [6, 6.07) is 11.8. The van der Waals surface area contributed by atoms with Crippen LogP contribution in [0.4, 0.5) is 14.9 Å². The molecule has 7 nitrogen and oxygen atoms in total. The Hall–Kier alpha value is -3.68. The predicted octanol–water partition coefficient (Wildman–Crippen LogP) is 3.52. The van der Waals surface area contributed by atoms with Gasteiger partial charge in [0.05, 0.1) is 30.4 Å². The molecule has 2 amide bonds. The smallest absolute Gasteiger partial charge is 0.339 e. The molecule has 2 N–H and O–H groups in total. The third kappa shape index (κ3) is 3.56. The second-order valence-corrected chi connectivity index (χ2v) is 6.63. The normalized spacial score (nSPS) is 15.5. The van der Waals surface area contributed by atoms with Crippen molar-refractivity contribution in [2.75, 3.05) is 19.0 Å². The molecule has 8 heteroatoms. The molecule has 0 fully saturated rings. The van der Waals surface area contributed by atoms with Crippen molar-refractivity contribution in [2.24, 2.45) is 0 Å². The molecule has 1 aromatic heterocycles. The first-order valence-electron chi connectivity index (χ1n) is 9.11. The number of ether oxygens (including phenoxy) is 1. The maximum absolute atomic E-state index is 13.9. The molecule has 0 saturated heterocycles. The number of aromatic nitrogens is 2. The fourth-order valence-electron chi connectivity index (χ4n) is 3.58. The van der Waals surface area contributed by atoms with Gasteiger partial charge in [-0.3, -0.25) is 0 Å². The number of rotatable bonds is 3. The summed E-state index contributed by atoms with van der Waals surface area (Å²) < 4.78 is 18.7. The molecule has 0 saturated carbocycles. The van der Waals surface area contributed by atoms with E-state index >= 15 is 0 Å². The summed E-state index contributed by atoms with van der Waals surface area (Å²) in [5.41, 5.74) is 2.81. The molecule has 1 aliphatic rings. The maximum atomic E-state index is 13.9. The number of urea groups is 1. The van der Waals surface area contributed by atoms with Gasteiger partial charge in [-0.25, -0.2) is 19.0 Å². The van der Waals surface area contributed by atoms with E-state index in [4.69, 9.17) is 4.74 Å². The molecular weight excluding hydrogens is 375 g/mol. The van der Waals surface area contributed by atoms with Gasteiger partial charge in [0.2, 0.25) is 0 Å². The number of carbonyl (C=O) groups excluding carboxylic acids is 2. The molecule has 1 unspecified atom stereocenters. The van der Waals surface area contributed by atoms with Crippen LogP contribution in [0.3, 0.4) is 0 Å². The molecule has 2 heterocycles. The van der Waals surface area contributed by atoms with Gasteiger partial charge in [-0.1, -0.05) is 24.3 Å². The van der Waals surface area contributed by atoms with Crippen molar-refractivity contribution in [1.82, 2.24) is 14.9 Å². The van der Waals surface area contributed by atoms with Crippen molar-refractivity contribution in [3.8, 4) is 0 Å². The molecule has 29 heavy (non-hydrogen) atoms. The zero-order chi connectivity index (χ0) is 20.4. The van der Waals surface area contributed by atoms with Gasteiger partial charge in [0.25, 0.3) is 0 Å². The highest BCUT2D eigenvalue weighted by molar-refractivity contribution is 6.01. The van der Waals surface area contributed by atoms with E-state index in [9.17, 15) is 14.0 Å². The first kappa shape index (κ1) is 18.7. The minimum atomic E-state index is -0.550. The fourth-order valence-corrected chi connectivity index (χ4v) is 3.58. The Morgan fingerprint density at radius 2 is 2.07 bits per heavy atom. The van der Waals surface area contributed by atoms with Crippen LogP contribution >= 0.6 is 0 Å². The number of esters is 1. The van der Waals surface area contributed by atoms with Gasteiger partial charge in [0.15, 0.2) is 0 Å². The number of hydrogen-bond donors (Lipinski definition) is 2. The van der Waals surface area contributed by atoms with Crippen LogP contribution in [0.25, 0.3) is 0 Å². The van der Waals surface area contributed by atoms with E-state index < -0.39 is 18.0 Å². The Balaban J connectivity index is 1.68. The van der Waals surface area contributed by atoms with Crippen molar-refractivity contribution in [2.45, 2.75) is 12.5 Å². The lowest BCUT2D eigenvalue weighted by Crippen LogP contribution is -2.43. The fraction of sp³-hybridized carbons (Fsp3) is 0.190. The number of nitrogens with zero attached hydrogens (tertiary/aromatic N) is 2. The lowest BCUT2D eigenvalue weighted by Gasteiger charge is -2.35. The van der Waals surface area contributed by atoms with Crippen LogP contribution in [0.2, 0.25) is 0 Å². The Morgan fingerprint density at radius 1 is 1.24 bits per heavy atom. The van der Waals surface area contributed by atoms with E-state index in [1.807, 2.05) is 0 Å². The van der Waals surface area contributed by atoms with Crippen LogP contribution in [0.5, 0.6) is 0 Å². The number of carbonyl (C=O) groups is 2. The molecule has 2 aromatic carbocycles. The standard InChI is InChI=1S/C21H19FN4O3/c1-29-20(27)15-7-2-3-8-16(15)25-21(28)26-10-9-17-18(24-12-23-17)19(26)13-5-4-6-14(22)11-13/h2-8,11-12,19H,9-10H2,1H3,(H,23,24)(H,25,28). The SMILES string of the molecule is COC(=O)c1ccccc1NC(=O)N1CCc2[nH]cnc2C1c1cccc(F)c1. The van der Waals surface area contributed by atoms with Gasteiger partial charge >= 0.3 is 12.0 Å². The van der Waals surface area contributed by atoms with Gasteiger partial charge in [0, 0.05) is 18.7 Å². The van der Waals surface area contributed by atoms with Gasteiger partial charge in [0.1, 0.15) is 11.9 Å². The highest BCUT2D eigenvalue weighted by atomic mass is 19.1. The quantitative estimate of drug-likeness (QED) is 0.666. The number of para-hydroxylation sites is 1. The molecule has 0 aliphatic carbocycles. The van der Waals surface area contributed by atoms with E-state index in [0.29, 0.717) is 29.9 Å². The number of hydrogen-bond acceptors (Lipinski definition) is 4. The van der Waals surface area contributed by atoms with Crippen molar-refractivity contribution >= 4 is 17.7 Å². The van der Waals surface area contributed by atoms with E-state index in [0.717, 1.165) is 5.69 Å². The highest BCUT2D eigenvalue weighted by Gasteiger charge is 2.34. The summed E-state index contributed by atoms with van der Waals surface area (Å²) in [6.45, 7) is 0.405. The molecule has 0 bridgehead atoms. The van der Waals surface area contributed by atoms with E-state index in [1.165, 1.54) is 19.2 Å². The van der Waals surface area contributed by atoms with Crippen LogP contribution in [0, 0.1) is 5.82 Å². The van der Waals surface area contributed by atoms with Crippen LogP contribution in [-0.4, -0.2) is 40.5 Å². The average Bonchev–Trinajstić information content (AvgIpc) is 3.21. The van der Waals surface area contributed by atoms with E-state index in [-0.39, 0.29) is 11.4 Å². The van der Waals surface area contributed by atoms with Crippen LogP contribution in [0.1, 0.15) is 33.4 Å². The molecule has 4 rings (SSSR count). The summed E-state index contributed by atoms with van der Waals surface area (Å²) in [6.07, 6.45) is 2.16. The number of fused-ring (bicyclic) bond motifs is 1. The van der Waals surface area contributed by atoms with Gasteiger partial charge < -0.3 is 19.9 Å². The maximum Gasteiger partial charge on any atom is 0.339 e. The molecule has 0 spiro atoms. The van der Waals surface area contributed by atoms with Gasteiger partial charge in [-0.2, -0.15) is 0 Å². The van der Waals surface area contributed by atoms with Gasteiger partial charge in [-0.05, 0) is 29.8 Å². The average molecular weight is 394 g/mol. The van der Waals surface area contributed by atoms with Crippen molar-refractivity contribution < 1.29 is 18.7 Å². The lowest BCUT2D eigenvalue weighted by atomic mass is 9.96. The number of halogens is 1. The first-order chi connectivity index (χ1) is 14.1. The van der Waals surface area contributed by atoms with Crippen LogP contribution in [0.15, 0.2) is 54.9 Å². The molecular formula is C21H19FN4O3. The molecule has 148 valence electrons. The summed E-state index contributed by atoms with van der Waals surface area (Å²) in [7, 11) is 1.28. The Morgan fingerprint density at radius 3 is 2.86 bits per heavy atom. The molecule has 1 atom stereocenters. The first-order valence-corrected chi connectivity index (χ1v) is 9.11. The van der Waals surface area contributed by atoms with E-state index in [2.05, 4.69) is 15.3 Å². The Kier molecular flexibility index (Phi) is 4.99. The van der Waals surface area contributed by atoms with Crippen molar-refractivity contribution in [1.29, 1.82) is 0 Å². The number of methoxy groups -OCH3 is 1. The molecule has 1 aliphatic heterocycles. The number of imidazole rings is 1. The molecule has 3 aromatic rings.